The monoisotopic (exact) mass is 330 g/mol. The Morgan fingerprint density at radius 2 is 1.91 bits per heavy atom. The first-order chi connectivity index (χ1) is 10.8. The second kappa shape index (κ2) is 5.59. The summed E-state index contributed by atoms with van der Waals surface area (Å²) in [5.41, 5.74) is 2.45. The maximum atomic E-state index is 12.8. The Labute approximate surface area is 138 Å². The van der Waals surface area contributed by atoms with Gasteiger partial charge in [-0.2, -0.15) is 5.26 Å². The van der Waals surface area contributed by atoms with Crippen LogP contribution >= 0.6 is 0 Å². The van der Waals surface area contributed by atoms with E-state index in [9.17, 15) is 9.00 Å². The topological polar surface area (TPSA) is 70.2 Å². The van der Waals surface area contributed by atoms with Crippen molar-refractivity contribution in [1.82, 2.24) is 4.31 Å². The number of esters is 1. The van der Waals surface area contributed by atoms with E-state index in [1.165, 1.54) is 6.08 Å². The van der Waals surface area contributed by atoms with Gasteiger partial charge in [-0.1, -0.05) is 12.1 Å². The summed E-state index contributed by atoms with van der Waals surface area (Å²) in [6, 6.07) is 9.23. The zero-order chi connectivity index (χ0) is 16.8. The zero-order valence-electron chi connectivity index (χ0n) is 13.3. The van der Waals surface area contributed by atoms with Crippen molar-refractivity contribution < 1.29 is 13.7 Å². The molecule has 0 saturated carbocycles. The van der Waals surface area contributed by atoms with E-state index in [4.69, 9.17) is 10.00 Å². The summed E-state index contributed by atoms with van der Waals surface area (Å²) in [5, 5.41) is 8.91. The molecule has 1 saturated heterocycles. The molecule has 2 aliphatic heterocycles. The van der Waals surface area contributed by atoms with Gasteiger partial charge in [0.05, 0.1) is 28.5 Å². The minimum atomic E-state index is -1.19. The van der Waals surface area contributed by atoms with Crippen LogP contribution in [0.3, 0.4) is 0 Å². The van der Waals surface area contributed by atoms with Crippen LogP contribution in [0.2, 0.25) is 0 Å². The normalized spacial score (nSPS) is 27.8. The molecule has 1 unspecified atom stereocenters. The number of carbonyl (C=O) groups is 1. The fourth-order valence-corrected chi connectivity index (χ4v) is 4.22. The molecule has 5 nitrogen and oxygen atoms in total. The van der Waals surface area contributed by atoms with Gasteiger partial charge in [-0.15, -0.1) is 0 Å². The zero-order valence-corrected chi connectivity index (χ0v) is 14.1. The summed E-state index contributed by atoms with van der Waals surface area (Å²) in [6.07, 6.45) is 1.50. The summed E-state index contributed by atoms with van der Waals surface area (Å²) in [6.45, 7) is 6.05. The standard InChI is InChI=1S/C17H18N2O3S/c1-17(2,3)23(21)19-15(12-6-4-11(9-18)5-7-12)16(19)13-8-14(20)22-10-13/h4-8,15-16H,10H2,1-3H3/t15-,16+,19?,23-/m0/s1. The molecule has 23 heavy (non-hydrogen) atoms. The quantitative estimate of drug-likeness (QED) is 0.629. The van der Waals surface area contributed by atoms with Crippen LogP contribution in [0.1, 0.15) is 37.9 Å². The molecule has 0 aliphatic carbocycles. The average Bonchev–Trinajstić information content (AvgIpc) is 3.11. The van der Waals surface area contributed by atoms with E-state index >= 15 is 0 Å². The Kier molecular flexibility index (Phi) is 3.86. The highest BCUT2D eigenvalue weighted by molar-refractivity contribution is 7.84. The van der Waals surface area contributed by atoms with E-state index in [1.807, 2.05) is 37.2 Å². The lowest BCUT2D eigenvalue weighted by Crippen LogP contribution is -2.28. The van der Waals surface area contributed by atoms with E-state index in [0.29, 0.717) is 5.56 Å². The molecule has 4 atom stereocenters. The molecule has 0 amide bonds. The number of nitrogens with zero attached hydrogens (tertiary/aromatic N) is 2. The van der Waals surface area contributed by atoms with Crippen LogP contribution in [0.5, 0.6) is 0 Å². The van der Waals surface area contributed by atoms with Gasteiger partial charge in [0.1, 0.15) is 17.6 Å². The van der Waals surface area contributed by atoms with Crippen molar-refractivity contribution >= 4 is 17.0 Å². The fourth-order valence-electron chi connectivity index (χ4n) is 2.74. The number of hydrogen-bond acceptors (Lipinski definition) is 4. The third-order valence-electron chi connectivity index (χ3n) is 3.92. The largest absolute Gasteiger partial charge is 0.458 e. The lowest BCUT2D eigenvalue weighted by atomic mass is 10.0. The van der Waals surface area contributed by atoms with Crippen LogP contribution in [0, 0.1) is 11.3 Å². The molecule has 1 aromatic carbocycles. The van der Waals surface area contributed by atoms with Crippen LogP contribution in [-0.2, 0) is 20.5 Å². The highest BCUT2D eigenvalue weighted by atomic mass is 32.2. The van der Waals surface area contributed by atoms with E-state index < -0.39 is 11.0 Å². The molecule has 1 fully saturated rings. The van der Waals surface area contributed by atoms with Gasteiger partial charge in [0.25, 0.3) is 0 Å². The molecule has 1 aromatic rings. The van der Waals surface area contributed by atoms with Gasteiger partial charge in [-0.3, -0.25) is 0 Å². The molecule has 0 spiro atoms. The Morgan fingerprint density at radius 1 is 1.26 bits per heavy atom. The maximum absolute atomic E-state index is 12.8. The Bertz CT molecular complexity index is 741. The molecular weight excluding hydrogens is 312 g/mol. The van der Waals surface area contributed by atoms with E-state index in [2.05, 4.69) is 6.07 Å². The highest BCUT2D eigenvalue weighted by Crippen LogP contribution is 2.50. The van der Waals surface area contributed by atoms with Crippen molar-refractivity contribution in [2.24, 2.45) is 0 Å². The number of cyclic esters (lactones) is 1. The van der Waals surface area contributed by atoms with E-state index in [-0.39, 0.29) is 29.4 Å². The van der Waals surface area contributed by atoms with Crippen LogP contribution in [0.25, 0.3) is 0 Å². The molecule has 0 bridgehead atoms. The van der Waals surface area contributed by atoms with E-state index in [0.717, 1.165) is 11.1 Å². The van der Waals surface area contributed by atoms with Crippen LogP contribution in [0.15, 0.2) is 35.9 Å². The molecule has 6 heteroatoms. The average molecular weight is 330 g/mol. The van der Waals surface area contributed by atoms with E-state index in [1.54, 1.807) is 12.1 Å². The van der Waals surface area contributed by atoms with Crippen molar-refractivity contribution in [3.8, 4) is 6.07 Å². The Balaban J connectivity index is 1.92. The molecule has 3 rings (SSSR count). The molecule has 0 radical (unpaired) electrons. The van der Waals surface area contributed by atoms with Gasteiger partial charge in [-0.05, 0) is 44.0 Å². The fraction of sp³-hybridized carbons (Fsp3) is 0.412. The number of carbonyl (C=O) groups excluding carboxylic acids is 1. The van der Waals surface area contributed by atoms with Crippen molar-refractivity contribution in [2.75, 3.05) is 6.61 Å². The van der Waals surface area contributed by atoms with Gasteiger partial charge in [0.15, 0.2) is 0 Å². The van der Waals surface area contributed by atoms with Crippen LogP contribution < -0.4 is 0 Å². The molecular formula is C17H18N2O3S. The van der Waals surface area contributed by atoms with Gasteiger partial charge >= 0.3 is 5.97 Å². The van der Waals surface area contributed by atoms with Gasteiger partial charge < -0.3 is 4.74 Å². The SMILES string of the molecule is CC(C)(C)[S@](=O)N1[C@H](C2=CC(=O)OC2)[C@@H]1c1ccc(C#N)cc1. The van der Waals surface area contributed by atoms with Crippen molar-refractivity contribution in [2.45, 2.75) is 37.6 Å². The third kappa shape index (κ3) is 2.94. The summed E-state index contributed by atoms with van der Waals surface area (Å²) >= 11 is 0. The molecule has 0 aromatic heterocycles. The molecule has 2 aliphatic rings. The van der Waals surface area contributed by atoms with Gasteiger partial charge in [-0.25, -0.2) is 13.3 Å². The molecule has 2 heterocycles. The number of rotatable bonds is 3. The van der Waals surface area contributed by atoms with Crippen molar-refractivity contribution in [1.29, 1.82) is 5.26 Å². The lowest BCUT2D eigenvalue weighted by Gasteiger charge is -2.19. The lowest BCUT2D eigenvalue weighted by molar-refractivity contribution is -0.134. The van der Waals surface area contributed by atoms with Gasteiger partial charge in [0.2, 0.25) is 0 Å². The summed E-state index contributed by atoms with van der Waals surface area (Å²) in [4.78, 5) is 11.4. The smallest absolute Gasteiger partial charge is 0.331 e. The summed E-state index contributed by atoms with van der Waals surface area (Å²) in [7, 11) is -1.19. The predicted molar refractivity (Wildman–Crippen MR) is 86.5 cm³/mol. The van der Waals surface area contributed by atoms with Crippen molar-refractivity contribution in [3.05, 3.63) is 47.0 Å². The predicted octanol–water partition coefficient (Wildman–Crippen LogP) is 2.23. The third-order valence-corrected chi connectivity index (χ3v) is 5.80. The molecule has 0 N–H and O–H groups in total. The number of benzene rings is 1. The number of nitriles is 1. The Hall–Kier alpha value is -1.97. The van der Waals surface area contributed by atoms with Crippen LogP contribution in [0.4, 0.5) is 0 Å². The second-order valence-corrected chi connectivity index (χ2v) is 8.82. The Morgan fingerprint density at radius 3 is 2.39 bits per heavy atom. The molecule has 120 valence electrons. The maximum Gasteiger partial charge on any atom is 0.331 e. The highest BCUT2D eigenvalue weighted by Gasteiger charge is 2.56. The van der Waals surface area contributed by atoms with Gasteiger partial charge in [0, 0.05) is 6.08 Å². The number of hydrogen-bond donors (Lipinski definition) is 0. The minimum Gasteiger partial charge on any atom is -0.458 e. The van der Waals surface area contributed by atoms with Crippen LogP contribution in [-0.4, -0.2) is 31.9 Å². The van der Waals surface area contributed by atoms with Crippen molar-refractivity contribution in [3.63, 3.8) is 0 Å². The summed E-state index contributed by atoms with van der Waals surface area (Å²) in [5.74, 6) is -0.341. The second-order valence-electron chi connectivity index (χ2n) is 6.67. The minimum absolute atomic E-state index is 0.0523. The first-order valence-corrected chi connectivity index (χ1v) is 8.51. The summed E-state index contributed by atoms with van der Waals surface area (Å²) < 4.78 is 19.3. The first-order valence-electron chi connectivity index (χ1n) is 7.40. The number of ether oxygens (including phenoxy) is 1. The first kappa shape index (κ1) is 15.9.